The van der Waals surface area contributed by atoms with Crippen molar-refractivity contribution >= 4 is 27.5 Å². The molecule has 1 aromatic carbocycles. The van der Waals surface area contributed by atoms with Crippen molar-refractivity contribution in [2.75, 3.05) is 6.54 Å². The fraction of sp³-hybridized carbons (Fsp3) is 0.385. The molecule has 0 spiro atoms. The second-order valence-electron chi connectivity index (χ2n) is 4.09. The lowest BCUT2D eigenvalue weighted by atomic mass is 10.2. The zero-order valence-corrected chi connectivity index (χ0v) is 11.0. The highest BCUT2D eigenvalue weighted by Gasteiger charge is 2.11. The summed E-state index contributed by atoms with van der Waals surface area (Å²) in [6.45, 7) is 2.78. The van der Waals surface area contributed by atoms with Crippen molar-refractivity contribution in [3.05, 3.63) is 29.0 Å². The Morgan fingerprint density at radius 3 is 3.06 bits per heavy atom. The minimum atomic E-state index is -0.305. The molecule has 1 amide bonds. The Hall–Kier alpha value is -1.49. The molecule has 2 rings (SSSR count). The van der Waals surface area contributed by atoms with Crippen LogP contribution in [0.1, 0.15) is 36.0 Å². The van der Waals surface area contributed by atoms with Gasteiger partial charge in [0.1, 0.15) is 5.82 Å². The molecule has 0 saturated heterocycles. The van der Waals surface area contributed by atoms with Crippen LogP contribution in [0.15, 0.2) is 18.2 Å². The summed E-state index contributed by atoms with van der Waals surface area (Å²) in [6, 6.07) is 4.35. The zero-order valence-electron chi connectivity index (χ0n) is 10.2. The van der Waals surface area contributed by atoms with E-state index in [1.807, 2.05) is 0 Å². The monoisotopic (exact) mass is 266 g/mol. The van der Waals surface area contributed by atoms with Crippen molar-refractivity contribution in [3.8, 4) is 0 Å². The molecular weight excluding hydrogens is 251 g/mol. The molecule has 0 aliphatic rings. The molecule has 0 bridgehead atoms. The number of unbranched alkanes of at least 4 members (excludes halogenated alkanes) is 2. The average molecular weight is 266 g/mol. The normalized spacial score (nSPS) is 10.8. The molecule has 18 heavy (non-hydrogen) atoms. The van der Waals surface area contributed by atoms with Gasteiger partial charge in [-0.3, -0.25) is 4.79 Å². The molecule has 0 radical (unpaired) electrons. The third-order valence-corrected chi connectivity index (χ3v) is 3.63. The van der Waals surface area contributed by atoms with Gasteiger partial charge in [0.2, 0.25) is 0 Å². The maximum absolute atomic E-state index is 13.0. The van der Waals surface area contributed by atoms with Gasteiger partial charge >= 0.3 is 0 Å². The van der Waals surface area contributed by atoms with E-state index in [1.54, 1.807) is 6.07 Å². The summed E-state index contributed by atoms with van der Waals surface area (Å²) in [4.78, 5) is 16.0. The fourth-order valence-corrected chi connectivity index (χ4v) is 2.56. The van der Waals surface area contributed by atoms with Gasteiger partial charge in [-0.2, -0.15) is 0 Å². The molecule has 0 saturated carbocycles. The van der Waals surface area contributed by atoms with Crippen LogP contribution in [0.3, 0.4) is 0 Å². The Bertz CT molecular complexity index is 553. The number of carbonyl (C=O) groups excluding carboxylic acids is 1. The van der Waals surface area contributed by atoms with E-state index in [9.17, 15) is 9.18 Å². The van der Waals surface area contributed by atoms with Crippen LogP contribution in [0.2, 0.25) is 0 Å². The number of carbonyl (C=O) groups is 1. The van der Waals surface area contributed by atoms with Crippen molar-refractivity contribution in [2.45, 2.75) is 26.2 Å². The fourth-order valence-electron chi connectivity index (χ4n) is 1.65. The number of hydrogen-bond donors (Lipinski definition) is 1. The Labute approximate surface area is 109 Å². The maximum Gasteiger partial charge on any atom is 0.280 e. The van der Waals surface area contributed by atoms with Crippen LogP contribution in [0, 0.1) is 5.82 Å². The summed E-state index contributed by atoms with van der Waals surface area (Å²) >= 11 is 1.22. The summed E-state index contributed by atoms with van der Waals surface area (Å²) in [5, 5.41) is 3.22. The van der Waals surface area contributed by atoms with Gasteiger partial charge < -0.3 is 5.32 Å². The van der Waals surface area contributed by atoms with Crippen LogP contribution in [0.5, 0.6) is 0 Å². The molecule has 0 atom stereocenters. The smallest absolute Gasteiger partial charge is 0.280 e. The largest absolute Gasteiger partial charge is 0.350 e. The summed E-state index contributed by atoms with van der Waals surface area (Å²) in [7, 11) is 0. The molecule has 5 heteroatoms. The van der Waals surface area contributed by atoms with Crippen molar-refractivity contribution in [2.24, 2.45) is 0 Å². The predicted octanol–water partition coefficient (Wildman–Crippen LogP) is 3.36. The first kappa shape index (κ1) is 13.0. The second kappa shape index (κ2) is 5.91. The van der Waals surface area contributed by atoms with Crippen molar-refractivity contribution < 1.29 is 9.18 Å². The Morgan fingerprint density at radius 1 is 1.44 bits per heavy atom. The van der Waals surface area contributed by atoms with E-state index in [2.05, 4.69) is 17.2 Å². The Morgan fingerprint density at radius 2 is 2.28 bits per heavy atom. The van der Waals surface area contributed by atoms with E-state index < -0.39 is 0 Å². The van der Waals surface area contributed by atoms with E-state index in [-0.39, 0.29) is 11.7 Å². The van der Waals surface area contributed by atoms with Crippen LogP contribution in [0.25, 0.3) is 10.2 Å². The van der Waals surface area contributed by atoms with Gasteiger partial charge in [-0.25, -0.2) is 9.37 Å². The molecule has 0 aliphatic carbocycles. The van der Waals surface area contributed by atoms with Gasteiger partial charge in [0.15, 0.2) is 5.01 Å². The number of hydrogen-bond acceptors (Lipinski definition) is 3. The molecule has 1 heterocycles. The van der Waals surface area contributed by atoms with Gasteiger partial charge in [-0.1, -0.05) is 19.8 Å². The third kappa shape index (κ3) is 3.04. The highest BCUT2D eigenvalue weighted by Crippen LogP contribution is 2.22. The average Bonchev–Trinajstić information content (AvgIpc) is 2.77. The van der Waals surface area contributed by atoms with Crippen LogP contribution in [-0.2, 0) is 0 Å². The third-order valence-electron chi connectivity index (χ3n) is 2.61. The van der Waals surface area contributed by atoms with E-state index in [0.717, 1.165) is 19.3 Å². The van der Waals surface area contributed by atoms with Gasteiger partial charge in [0, 0.05) is 6.54 Å². The zero-order chi connectivity index (χ0) is 13.0. The van der Waals surface area contributed by atoms with E-state index >= 15 is 0 Å². The first-order valence-electron chi connectivity index (χ1n) is 6.05. The molecular formula is C13H15FN2OS. The molecule has 3 nitrogen and oxygen atoms in total. The van der Waals surface area contributed by atoms with Gasteiger partial charge in [-0.05, 0) is 24.6 Å². The lowest BCUT2D eigenvalue weighted by molar-refractivity contribution is 0.0953. The van der Waals surface area contributed by atoms with E-state index in [1.165, 1.54) is 23.5 Å². The molecule has 0 fully saturated rings. The first-order valence-corrected chi connectivity index (χ1v) is 6.86. The standard InChI is InChI=1S/C13H15FN2OS/c1-2-3-4-7-15-12(17)13-16-10-6-5-9(14)8-11(10)18-13/h5-6,8H,2-4,7H2,1H3,(H,15,17). The van der Waals surface area contributed by atoms with E-state index in [4.69, 9.17) is 0 Å². The van der Waals surface area contributed by atoms with Crippen LogP contribution >= 0.6 is 11.3 Å². The minimum Gasteiger partial charge on any atom is -0.350 e. The Balaban J connectivity index is 2.04. The van der Waals surface area contributed by atoms with E-state index in [0.29, 0.717) is 21.8 Å². The Kier molecular flexibility index (Phi) is 4.25. The number of halogens is 1. The van der Waals surface area contributed by atoms with Crippen molar-refractivity contribution in [1.82, 2.24) is 10.3 Å². The molecule has 0 aliphatic heterocycles. The predicted molar refractivity (Wildman–Crippen MR) is 71.4 cm³/mol. The van der Waals surface area contributed by atoms with Crippen LogP contribution in [0.4, 0.5) is 4.39 Å². The van der Waals surface area contributed by atoms with Gasteiger partial charge in [-0.15, -0.1) is 11.3 Å². The SMILES string of the molecule is CCCCCNC(=O)c1nc2ccc(F)cc2s1. The maximum atomic E-state index is 13.0. The summed E-state index contributed by atoms with van der Waals surface area (Å²) < 4.78 is 13.7. The number of thiazole rings is 1. The van der Waals surface area contributed by atoms with Gasteiger partial charge in [0.05, 0.1) is 10.2 Å². The second-order valence-corrected chi connectivity index (χ2v) is 5.12. The lowest BCUT2D eigenvalue weighted by Crippen LogP contribution is -2.24. The highest BCUT2D eigenvalue weighted by atomic mass is 32.1. The van der Waals surface area contributed by atoms with Gasteiger partial charge in [0.25, 0.3) is 5.91 Å². The summed E-state index contributed by atoms with van der Waals surface area (Å²) in [5.74, 6) is -0.478. The number of aromatic nitrogens is 1. The number of nitrogens with zero attached hydrogens (tertiary/aromatic N) is 1. The first-order chi connectivity index (χ1) is 8.70. The minimum absolute atomic E-state index is 0.173. The number of fused-ring (bicyclic) bond motifs is 1. The molecule has 1 aromatic heterocycles. The molecule has 96 valence electrons. The highest BCUT2D eigenvalue weighted by molar-refractivity contribution is 7.20. The van der Waals surface area contributed by atoms with Crippen molar-refractivity contribution in [1.29, 1.82) is 0 Å². The molecule has 2 aromatic rings. The van der Waals surface area contributed by atoms with Crippen molar-refractivity contribution in [3.63, 3.8) is 0 Å². The topological polar surface area (TPSA) is 42.0 Å². The number of rotatable bonds is 5. The quantitative estimate of drug-likeness (QED) is 0.843. The summed E-state index contributed by atoms with van der Waals surface area (Å²) in [6.07, 6.45) is 3.20. The van der Waals surface area contributed by atoms with Crippen LogP contribution < -0.4 is 5.32 Å². The number of nitrogens with one attached hydrogen (secondary N) is 1. The van der Waals surface area contributed by atoms with Crippen LogP contribution in [-0.4, -0.2) is 17.4 Å². The lowest BCUT2D eigenvalue weighted by Gasteiger charge is -2.00. The number of benzene rings is 1. The number of amides is 1. The summed E-state index contributed by atoms with van der Waals surface area (Å²) in [5.41, 5.74) is 0.667. The molecule has 0 unspecified atom stereocenters. The molecule has 1 N–H and O–H groups in total.